The van der Waals surface area contributed by atoms with Crippen molar-refractivity contribution >= 4 is 5.57 Å². The first kappa shape index (κ1) is 10.3. The summed E-state index contributed by atoms with van der Waals surface area (Å²) in [5.41, 5.74) is 2.45. The molecule has 0 unspecified atom stereocenters. The predicted molar refractivity (Wildman–Crippen MR) is 64.3 cm³/mol. The molecule has 0 aliphatic heterocycles. The fraction of sp³-hybridized carbons (Fsp3) is 0. The molecule has 0 radical (unpaired) electrons. The van der Waals surface area contributed by atoms with Crippen LogP contribution in [0.2, 0.25) is 0 Å². The van der Waals surface area contributed by atoms with Crippen LogP contribution in [0.1, 0.15) is 11.1 Å². The van der Waals surface area contributed by atoms with Gasteiger partial charge in [-0.1, -0.05) is 30.8 Å². The van der Waals surface area contributed by atoms with Gasteiger partial charge in [0.2, 0.25) is 0 Å². The highest BCUT2D eigenvalue weighted by atomic mass is 16.3. The van der Waals surface area contributed by atoms with E-state index in [9.17, 15) is 10.2 Å². The fourth-order valence-electron chi connectivity index (χ4n) is 1.55. The van der Waals surface area contributed by atoms with Gasteiger partial charge in [-0.2, -0.15) is 0 Å². The van der Waals surface area contributed by atoms with Gasteiger partial charge in [0, 0.05) is 0 Å². The molecule has 2 N–H and O–H groups in total. The second kappa shape index (κ2) is 4.11. The summed E-state index contributed by atoms with van der Waals surface area (Å²) in [6.45, 7) is 3.96. The van der Waals surface area contributed by atoms with E-state index in [1.807, 2.05) is 12.1 Å². The number of aromatic hydroxyl groups is 2. The summed E-state index contributed by atoms with van der Waals surface area (Å²) in [6.07, 6.45) is 0. The first-order chi connectivity index (χ1) is 7.66. The van der Waals surface area contributed by atoms with Crippen LogP contribution >= 0.6 is 0 Å². The Morgan fingerprint density at radius 3 is 1.62 bits per heavy atom. The van der Waals surface area contributed by atoms with Gasteiger partial charge in [0.05, 0.1) is 0 Å². The summed E-state index contributed by atoms with van der Waals surface area (Å²) < 4.78 is 0. The van der Waals surface area contributed by atoms with E-state index in [1.54, 1.807) is 36.4 Å². The third kappa shape index (κ3) is 2.06. The van der Waals surface area contributed by atoms with Gasteiger partial charge in [-0.15, -0.1) is 0 Å². The minimum absolute atomic E-state index is 0.207. The van der Waals surface area contributed by atoms with Crippen molar-refractivity contribution in [2.75, 3.05) is 0 Å². The minimum atomic E-state index is 0.207. The van der Waals surface area contributed by atoms with Crippen LogP contribution in [0.5, 0.6) is 11.5 Å². The second-order valence-corrected chi connectivity index (χ2v) is 3.58. The van der Waals surface area contributed by atoms with E-state index < -0.39 is 0 Å². The van der Waals surface area contributed by atoms with Crippen LogP contribution in [0, 0.1) is 0 Å². The van der Waals surface area contributed by atoms with Gasteiger partial charge in [0.15, 0.2) is 0 Å². The third-order valence-electron chi connectivity index (χ3n) is 2.39. The second-order valence-electron chi connectivity index (χ2n) is 3.58. The molecule has 2 aromatic carbocycles. The maximum atomic E-state index is 9.37. The third-order valence-corrected chi connectivity index (χ3v) is 2.39. The number of phenols is 2. The van der Waals surface area contributed by atoms with E-state index in [0.29, 0.717) is 0 Å². The Hall–Kier alpha value is -2.22. The van der Waals surface area contributed by atoms with Gasteiger partial charge < -0.3 is 10.2 Å². The molecule has 2 aromatic rings. The van der Waals surface area contributed by atoms with Crippen LogP contribution < -0.4 is 0 Å². The highest BCUT2D eigenvalue weighted by Crippen LogP contribution is 2.26. The van der Waals surface area contributed by atoms with E-state index in [4.69, 9.17) is 0 Å². The lowest BCUT2D eigenvalue weighted by atomic mass is 9.99. The van der Waals surface area contributed by atoms with Crippen molar-refractivity contribution < 1.29 is 10.2 Å². The summed E-state index contributed by atoms with van der Waals surface area (Å²) in [5.74, 6) is 0.414. The largest absolute Gasteiger partial charge is 0.508 e. The molecule has 0 amide bonds. The quantitative estimate of drug-likeness (QED) is 0.802. The standard InChI is InChI=1S/C14H12O2/c1-10(11-4-2-6-13(15)8-11)12-5-3-7-14(16)9-12/h2-9,15-16H,1H2. The van der Waals surface area contributed by atoms with Crippen molar-refractivity contribution in [2.45, 2.75) is 0 Å². The van der Waals surface area contributed by atoms with E-state index in [0.717, 1.165) is 16.7 Å². The normalized spacial score (nSPS) is 10.0. The molecule has 0 aromatic heterocycles. The summed E-state index contributed by atoms with van der Waals surface area (Å²) in [7, 11) is 0. The Bertz CT molecular complexity index is 482. The van der Waals surface area contributed by atoms with Crippen molar-refractivity contribution in [3.05, 3.63) is 66.2 Å². The molecule has 0 spiro atoms. The van der Waals surface area contributed by atoms with Gasteiger partial charge in [0.1, 0.15) is 11.5 Å². The first-order valence-corrected chi connectivity index (χ1v) is 4.94. The van der Waals surface area contributed by atoms with Gasteiger partial charge in [-0.3, -0.25) is 0 Å². The van der Waals surface area contributed by atoms with Crippen LogP contribution in [0.4, 0.5) is 0 Å². The molecule has 0 saturated heterocycles. The summed E-state index contributed by atoms with van der Waals surface area (Å²) in [6, 6.07) is 13.8. The van der Waals surface area contributed by atoms with Crippen molar-refractivity contribution in [1.29, 1.82) is 0 Å². The molecular weight excluding hydrogens is 200 g/mol. The molecule has 0 saturated carbocycles. The van der Waals surface area contributed by atoms with E-state index in [2.05, 4.69) is 6.58 Å². The lowest BCUT2D eigenvalue weighted by Gasteiger charge is -2.07. The Labute approximate surface area is 94.1 Å². The Morgan fingerprint density at radius 1 is 0.812 bits per heavy atom. The van der Waals surface area contributed by atoms with Crippen LogP contribution in [0.15, 0.2) is 55.1 Å². The molecule has 0 atom stereocenters. The van der Waals surface area contributed by atoms with Gasteiger partial charge in [-0.05, 0) is 41.0 Å². The average molecular weight is 212 g/mol. The zero-order valence-corrected chi connectivity index (χ0v) is 8.72. The van der Waals surface area contributed by atoms with Crippen molar-refractivity contribution in [2.24, 2.45) is 0 Å². The molecule has 80 valence electrons. The van der Waals surface area contributed by atoms with Crippen LogP contribution in [0.3, 0.4) is 0 Å². The van der Waals surface area contributed by atoms with Crippen molar-refractivity contribution in [3.63, 3.8) is 0 Å². The smallest absolute Gasteiger partial charge is 0.116 e. The lowest BCUT2D eigenvalue weighted by Crippen LogP contribution is -1.85. The highest BCUT2D eigenvalue weighted by molar-refractivity contribution is 5.79. The molecule has 2 heteroatoms. The first-order valence-electron chi connectivity index (χ1n) is 4.94. The summed E-state index contributed by atoms with van der Waals surface area (Å²) in [5, 5.41) is 18.7. The van der Waals surface area contributed by atoms with Crippen molar-refractivity contribution in [3.8, 4) is 11.5 Å². The van der Waals surface area contributed by atoms with Gasteiger partial charge in [0.25, 0.3) is 0 Å². The number of benzene rings is 2. The van der Waals surface area contributed by atoms with E-state index in [1.165, 1.54) is 0 Å². The number of phenolic OH excluding ortho intramolecular Hbond substituents is 2. The maximum absolute atomic E-state index is 9.37. The zero-order chi connectivity index (χ0) is 11.5. The van der Waals surface area contributed by atoms with Crippen LogP contribution in [-0.4, -0.2) is 10.2 Å². The molecular formula is C14H12O2. The Morgan fingerprint density at radius 2 is 1.25 bits per heavy atom. The Balaban J connectivity index is 2.39. The highest BCUT2D eigenvalue weighted by Gasteiger charge is 2.03. The molecule has 0 bridgehead atoms. The van der Waals surface area contributed by atoms with Crippen molar-refractivity contribution in [1.82, 2.24) is 0 Å². The lowest BCUT2D eigenvalue weighted by molar-refractivity contribution is 0.475. The van der Waals surface area contributed by atoms with Gasteiger partial charge >= 0.3 is 0 Å². The van der Waals surface area contributed by atoms with E-state index >= 15 is 0 Å². The molecule has 16 heavy (non-hydrogen) atoms. The molecule has 0 aliphatic carbocycles. The molecule has 2 rings (SSSR count). The summed E-state index contributed by atoms with van der Waals surface area (Å²) >= 11 is 0. The number of hydrogen-bond acceptors (Lipinski definition) is 2. The van der Waals surface area contributed by atoms with Crippen LogP contribution in [-0.2, 0) is 0 Å². The van der Waals surface area contributed by atoms with E-state index in [-0.39, 0.29) is 11.5 Å². The van der Waals surface area contributed by atoms with Crippen LogP contribution in [0.25, 0.3) is 5.57 Å². The Kier molecular flexibility index (Phi) is 2.64. The topological polar surface area (TPSA) is 40.5 Å². The monoisotopic (exact) mass is 212 g/mol. The minimum Gasteiger partial charge on any atom is -0.508 e. The maximum Gasteiger partial charge on any atom is 0.116 e. The molecule has 0 heterocycles. The molecule has 2 nitrogen and oxygen atoms in total. The van der Waals surface area contributed by atoms with Gasteiger partial charge in [-0.25, -0.2) is 0 Å². The zero-order valence-electron chi connectivity index (χ0n) is 8.72. The summed E-state index contributed by atoms with van der Waals surface area (Å²) in [4.78, 5) is 0. The number of hydrogen-bond donors (Lipinski definition) is 2. The predicted octanol–water partition coefficient (Wildman–Crippen LogP) is 3.16. The molecule has 0 aliphatic rings. The molecule has 0 fully saturated rings. The SMILES string of the molecule is C=C(c1cccc(O)c1)c1cccc(O)c1. The number of rotatable bonds is 2. The average Bonchev–Trinajstić information content (AvgIpc) is 2.28. The fourth-order valence-corrected chi connectivity index (χ4v) is 1.55.